The monoisotopic (exact) mass is 475 g/mol. The van der Waals surface area contributed by atoms with Crippen molar-refractivity contribution in [1.29, 1.82) is 0 Å². The van der Waals surface area contributed by atoms with Crippen LogP contribution < -0.4 is 5.56 Å². The number of ketones is 1. The molecule has 0 saturated carbocycles. The van der Waals surface area contributed by atoms with Gasteiger partial charge < -0.3 is 9.13 Å². The highest BCUT2D eigenvalue weighted by Crippen LogP contribution is 2.19. The number of Topliss-reactive ketones (excluding diaryl/α,β-unsaturated/α-hetero) is 1. The first-order valence-electron chi connectivity index (χ1n) is 10.6. The molecular formula is C23H29N3O4S2. The van der Waals surface area contributed by atoms with Gasteiger partial charge in [-0.3, -0.25) is 9.59 Å². The van der Waals surface area contributed by atoms with Gasteiger partial charge in [0, 0.05) is 53.7 Å². The van der Waals surface area contributed by atoms with Crippen molar-refractivity contribution in [3.05, 3.63) is 74.1 Å². The Morgan fingerprint density at radius 1 is 1.12 bits per heavy atom. The Bertz CT molecular complexity index is 1250. The summed E-state index contributed by atoms with van der Waals surface area (Å²) in [5.74, 6) is -0.222. The maximum Gasteiger partial charge on any atom is 0.251 e. The van der Waals surface area contributed by atoms with Crippen LogP contribution in [-0.2, 0) is 29.5 Å². The second-order valence-electron chi connectivity index (χ2n) is 7.61. The number of aryl methyl sites for hydroxylation is 2. The van der Waals surface area contributed by atoms with E-state index in [0.717, 1.165) is 24.4 Å². The largest absolute Gasteiger partial charge is 0.348 e. The van der Waals surface area contributed by atoms with Gasteiger partial charge in [-0.2, -0.15) is 4.31 Å². The van der Waals surface area contributed by atoms with Crippen molar-refractivity contribution in [2.45, 2.75) is 52.1 Å². The van der Waals surface area contributed by atoms with Gasteiger partial charge in [0.15, 0.2) is 5.78 Å². The molecule has 0 N–H and O–H groups in total. The van der Waals surface area contributed by atoms with Crippen molar-refractivity contribution >= 4 is 27.1 Å². The summed E-state index contributed by atoms with van der Waals surface area (Å²) in [5.41, 5.74) is 1.97. The molecule has 172 valence electrons. The fraction of sp³-hybridized carbons (Fsp3) is 0.391. The predicted molar refractivity (Wildman–Crippen MR) is 127 cm³/mol. The van der Waals surface area contributed by atoms with E-state index in [1.54, 1.807) is 25.2 Å². The molecule has 3 heterocycles. The summed E-state index contributed by atoms with van der Waals surface area (Å²) in [7, 11) is -3.72. The van der Waals surface area contributed by atoms with E-state index in [4.69, 9.17) is 0 Å². The SMILES string of the molecule is CCN(CC)S(=O)(=O)c1ccc(=O)n(CC(=O)c2cc(C)n(CCc3cccs3)c2C)c1. The molecule has 0 aliphatic heterocycles. The lowest BCUT2D eigenvalue weighted by molar-refractivity contribution is 0.0969. The van der Waals surface area contributed by atoms with Gasteiger partial charge >= 0.3 is 0 Å². The van der Waals surface area contributed by atoms with Gasteiger partial charge in [-0.05, 0) is 43.8 Å². The van der Waals surface area contributed by atoms with Gasteiger partial charge in [0.1, 0.15) is 0 Å². The van der Waals surface area contributed by atoms with Crippen LogP contribution >= 0.6 is 11.3 Å². The van der Waals surface area contributed by atoms with Crippen molar-refractivity contribution < 1.29 is 13.2 Å². The lowest BCUT2D eigenvalue weighted by Crippen LogP contribution is -2.32. The zero-order chi connectivity index (χ0) is 23.5. The normalized spacial score (nSPS) is 11.9. The zero-order valence-corrected chi connectivity index (χ0v) is 20.5. The second kappa shape index (κ2) is 9.97. The molecule has 32 heavy (non-hydrogen) atoms. The van der Waals surface area contributed by atoms with Gasteiger partial charge in [-0.15, -0.1) is 11.3 Å². The number of hydrogen-bond donors (Lipinski definition) is 0. The van der Waals surface area contributed by atoms with Crippen molar-refractivity contribution in [1.82, 2.24) is 13.4 Å². The molecule has 0 bridgehead atoms. The molecule has 0 amide bonds. The molecule has 3 rings (SSSR count). The Kier molecular flexibility index (Phi) is 7.53. The van der Waals surface area contributed by atoms with E-state index < -0.39 is 15.6 Å². The van der Waals surface area contributed by atoms with Gasteiger partial charge in [0.2, 0.25) is 10.0 Å². The van der Waals surface area contributed by atoms with E-state index in [0.29, 0.717) is 18.7 Å². The van der Waals surface area contributed by atoms with Crippen LogP contribution in [-0.4, -0.2) is 40.7 Å². The number of hydrogen-bond acceptors (Lipinski definition) is 5. The summed E-state index contributed by atoms with van der Waals surface area (Å²) < 4.78 is 30.2. The molecule has 9 heteroatoms. The summed E-state index contributed by atoms with van der Waals surface area (Å²) in [6.07, 6.45) is 2.15. The highest BCUT2D eigenvalue weighted by atomic mass is 32.2. The summed E-state index contributed by atoms with van der Waals surface area (Å²) in [6.45, 7) is 8.59. The second-order valence-corrected chi connectivity index (χ2v) is 10.6. The molecule has 3 aromatic heterocycles. The van der Waals surface area contributed by atoms with Gasteiger partial charge in [0.05, 0.1) is 11.4 Å². The molecule has 0 aliphatic carbocycles. The molecule has 0 fully saturated rings. The number of carbonyl (C=O) groups excluding carboxylic acids is 1. The molecule has 0 unspecified atom stereocenters. The minimum Gasteiger partial charge on any atom is -0.348 e. The molecule has 0 saturated heterocycles. The highest BCUT2D eigenvalue weighted by molar-refractivity contribution is 7.89. The Morgan fingerprint density at radius 3 is 2.47 bits per heavy atom. The van der Waals surface area contributed by atoms with Crippen molar-refractivity contribution in [3.8, 4) is 0 Å². The van der Waals surface area contributed by atoms with Crippen LogP contribution in [0, 0.1) is 13.8 Å². The lowest BCUT2D eigenvalue weighted by Gasteiger charge is -2.19. The van der Waals surface area contributed by atoms with Crippen LogP contribution in [0.5, 0.6) is 0 Å². The Labute approximate surface area is 193 Å². The Hall–Kier alpha value is -2.49. The first-order valence-corrected chi connectivity index (χ1v) is 12.9. The van der Waals surface area contributed by atoms with Crippen LogP contribution in [0.1, 0.15) is 40.5 Å². The molecule has 0 atom stereocenters. The Morgan fingerprint density at radius 2 is 1.84 bits per heavy atom. The molecule has 0 aromatic carbocycles. The first kappa shape index (κ1) is 24.2. The first-order chi connectivity index (χ1) is 15.2. The zero-order valence-electron chi connectivity index (χ0n) is 18.9. The van der Waals surface area contributed by atoms with Gasteiger partial charge in [-0.25, -0.2) is 8.42 Å². The van der Waals surface area contributed by atoms with Crippen LogP contribution in [0.2, 0.25) is 0 Å². The van der Waals surface area contributed by atoms with E-state index in [1.807, 2.05) is 31.4 Å². The van der Waals surface area contributed by atoms with Crippen molar-refractivity contribution in [2.24, 2.45) is 0 Å². The number of aromatic nitrogens is 2. The van der Waals surface area contributed by atoms with Crippen LogP contribution in [0.3, 0.4) is 0 Å². The van der Waals surface area contributed by atoms with E-state index in [-0.39, 0.29) is 17.2 Å². The third-order valence-corrected chi connectivity index (χ3v) is 8.62. The van der Waals surface area contributed by atoms with Crippen LogP contribution in [0.4, 0.5) is 0 Å². The highest BCUT2D eigenvalue weighted by Gasteiger charge is 2.23. The number of pyridine rings is 1. The quantitative estimate of drug-likeness (QED) is 0.421. The molecule has 3 aromatic rings. The number of nitrogens with zero attached hydrogens (tertiary/aromatic N) is 3. The molecule has 7 nitrogen and oxygen atoms in total. The molecule has 0 aliphatic rings. The number of sulfonamides is 1. The van der Waals surface area contributed by atoms with Crippen LogP contribution in [0.25, 0.3) is 0 Å². The molecule has 0 spiro atoms. The van der Waals surface area contributed by atoms with E-state index >= 15 is 0 Å². The molecular weight excluding hydrogens is 446 g/mol. The molecule has 0 radical (unpaired) electrons. The minimum absolute atomic E-state index is 0.00928. The summed E-state index contributed by atoms with van der Waals surface area (Å²) >= 11 is 1.71. The summed E-state index contributed by atoms with van der Waals surface area (Å²) in [5, 5.41) is 2.05. The van der Waals surface area contributed by atoms with E-state index in [9.17, 15) is 18.0 Å². The summed E-state index contributed by atoms with van der Waals surface area (Å²) in [6, 6.07) is 8.46. The topological polar surface area (TPSA) is 81.4 Å². The van der Waals surface area contributed by atoms with E-state index in [1.165, 1.54) is 32.1 Å². The van der Waals surface area contributed by atoms with Crippen LogP contribution in [0.15, 0.2) is 51.6 Å². The fourth-order valence-electron chi connectivity index (χ4n) is 3.84. The summed E-state index contributed by atoms with van der Waals surface area (Å²) in [4.78, 5) is 26.7. The number of carbonyl (C=O) groups is 1. The van der Waals surface area contributed by atoms with Crippen molar-refractivity contribution in [3.63, 3.8) is 0 Å². The third kappa shape index (κ3) is 4.95. The minimum atomic E-state index is -3.72. The smallest absolute Gasteiger partial charge is 0.251 e. The maximum absolute atomic E-state index is 13.1. The van der Waals surface area contributed by atoms with Crippen molar-refractivity contribution in [2.75, 3.05) is 13.1 Å². The standard InChI is InChI=1S/C23H29N3O4S2/c1-5-25(6-2)32(29,30)20-9-10-23(28)24(15-20)16-22(27)21-14-17(3)26(18(21)4)12-11-19-8-7-13-31-19/h7-10,13-15H,5-6,11-12,16H2,1-4H3. The number of rotatable bonds is 10. The maximum atomic E-state index is 13.1. The number of thiophene rings is 1. The predicted octanol–water partition coefficient (Wildman–Crippen LogP) is 3.48. The third-order valence-electron chi connectivity index (χ3n) is 5.65. The Balaban J connectivity index is 1.85. The average molecular weight is 476 g/mol. The van der Waals surface area contributed by atoms with Gasteiger partial charge in [-0.1, -0.05) is 19.9 Å². The lowest BCUT2D eigenvalue weighted by atomic mass is 10.1. The fourth-order valence-corrected chi connectivity index (χ4v) is 6.02. The van der Waals surface area contributed by atoms with E-state index in [2.05, 4.69) is 10.6 Å². The van der Waals surface area contributed by atoms with Gasteiger partial charge in [0.25, 0.3) is 5.56 Å². The average Bonchev–Trinajstić information content (AvgIpc) is 3.36.